The predicted octanol–water partition coefficient (Wildman–Crippen LogP) is 4.13. The van der Waals surface area contributed by atoms with Gasteiger partial charge in [-0.15, -0.1) is 12.3 Å². The van der Waals surface area contributed by atoms with Crippen LogP contribution < -0.4 is 21.3 Å². The number of Topliss-reactive ketones (excluding diaryl/α,β-unsaturated/α-hetero) is 1. The van der Waals surface area contributed by atoms with Gasteiger partial charge in [0.2, 0.25) is 23.6 Å². The molecule has 0 rings (SSSR count). The summed E-state index contributed by atoms with van der Waals surface area (Å²) in [6.07, 6.45) is 18.8. The van der Waals surface area contributed by atoms with E-state index in [0.717, 1.165) is 19.3 Å². The largest absolute Gasteiger partial charge is 0.480 e. The normalized spacial score (nSPS) is 12.0. The van der Waals surface area contributed by atoms with Crippen molar-refractivity contribution in [1.82, 2.24) is 21.3 Å². The van der Waals surface area contributed by atoms with Crippen molar-refractivity contribution in [3.05, 3.63) is 0 Å². The summed E-state index contributed by atoms with van der Waals surface area (Å²) in [6.45, 7) is 12.7. The molecule has 2 atom stereocenters. The Morgan fingerprint density at radius 2 is 0.762 bits per heavy atom. The highest BCUT2D eigenvalue weighted by atomic mass is 16.6. The third kappa shape index (κ3) is 56.0. The van der Waals surface area contributed by atoms with E-state index in [4.69, 9.17) is 63.3 Å². The van der Waals surface area contributed by atoms with Gasteiger partial charge in [0.15, 0.2) is 0 Å². The average Bonchev–Trinajstić information content (AvgIpc) is 3.45. The van der Waals surface area contributed by atoms with Crippen LogP contribution in [0, 0.1) is 12.3 Å². The minimum absolute atomic E-state index is 0.0309. The minimum atomic E-state index is -1.16. The lowest BCUT2D eigenvalue weighted by atomic mass is 10.0. The Morgan fingerprint density at radius 1 is 0.400 bits per heavy atom. The van der Waals surface area contributed by atoms with Gasteiger partial charge in [-0.25, -0.2) is 4.79 Å². The van der Waals surface area contributed by atoms with Crippen molar-refractivity contribution in [1.29, 1.82) is 0 Å². The van der Waals surface area contributed by atoms with E-state index in [2.05, 4.69) is 34.1 Å². The summed E-state index contributed by atoms with van der Waals surface area (Å²) < 4.78 is 65.8. The van der Waals surface area contributed by atoms with Gasteiger partial charge >= 0.3 is 5.97 Å². The monoisotopic (exact) mass is 1150 g/mol. The molecule has 5 N–H and O–H groups in total. The van der Waals surface area contributed by atoms with Crippen LogP contribution in [0.15, 0.2) is 0 Å². The molecular weight excluding hydrogens is 1040 g/mol. The molecule has 0 aromatic heterocycles. The molecule has 0 aliphatic rings. The Morgan fingerprint density at radius 3 is 1.18 bits per heavy atom. The number of carboxylic acids is 1. The Hall–Kier alpha value is -3.90. The maximum Gasteiger partial charge on any atom is 0.326 e. The molecule has 80 heavy (non-hydrogen) atoms. The Labute approximate surface area is 478 Å². The van der Waals surface area contributed by atoms with Crippen molar-refractivity contribution in [2.45, 2.75) is 147 Å². The van der Waals surface area contributed by atoms with Crippen LogP contribution in [-0.4, -0.2) is 225 Å². The summed E-state index contributed by atoms with van der Waals surface area (Å²) in [7, 11) is 1.59. The molecule has 23 nitrogen and oxygen atoms in total. The summed E-state index contributed by atoms with van der Waals surface area (Å²) in [6, 6.07) is -1.89. The zero-order chi connectivity index (χ0) is 58.5. The van der Waals surface area contributed by atoms with Crippen molar-refractivity contribution in [2.24, 2.45) is 0 Å². The summed E-state index contributed by atoms with van der Waals surface area (Å²) in [5, 5.41) is 20.3. The molecule has 0 saturated carbocycles. The van der Waals surface area contributed by atoms with E-state index in [1.54, 1.807) is 7.05 Å². The molecule has 0 fully saturated rings. The maximum absolute atomic E-state index is 13.0. The topological polar surface area (TPSA) is 282 Å². The average molecular weight is 1150 g/mol. The number of aliphatic carboxylic acids is 1. The summed E-state index contributed by atoms with van der Waals surface area (Å²) >= 11 is 0. The number of hydrogen-bond acceptors (Lipinski definition) is 18. The first-order chi connectivity index (χ1) is 39.1. The fourth-order valence-electron chi connectivity index (χ4n) is 7.30. The van der Waals surface area contributed by atoms with E-state index in [0.29, 0.717) is 190 Å². The number of carbonyl (C=O) groups excluding carboxylic acids is 5. The van der Waals surface area contributed by atoms with Crippen LogP contribution in [0.1, 0.15) is 135 Å². The molecule has 0 aliphatic heterocycles. The van der Waals surface area contributed by atoms with Crippen molar-refractivity contribution >= 4 is 35.4 Å². The molecule has 0 radical (unpaired) electrons. The van der Waals surface area contributed by atoms with Crippen LogP contribution in [0.3, 0.4) is 0 Å². The number of ketones is 1. The van der Waals surface area contributed by atoms with Gasteiger partial charge in [0.05, 0.1) is 159 Å². The number of ether oxygens (including phenoxy) is 12. The molecule has 0 heterocycles. The molecular formula is C57H104N4O19. The van der Waals surface area contributed by atoms with Gasteiger partial charge in [0.1, 0.15) is 17.9 Å². The summed E-state index contributed by atoms with van der Waals surface area (Å²) in [4.78, 5) is 73.3. The standard InChI is InChI=1S/C57H104N4O19/c1-4-6-8-9-10-11-12-13-17-21-55(65)61-52(57(67)68)23-22-50(62)18-15-14-16-19-51(60-54(64)20-7-5-2)56(66)59-25-27-70-29-31-72-33-35-74-37-39-76-41-43-78-45-47-80-49-48-79-46-44-77-42-40-75-38-36-73-34-32-71-30-28-69-26-24-53(63)58-3/h2,51-52H,4,6-49H2,1,3H3,(H,58,63)(H,59,66)(H,60,64)(H,61,65)(H,67,68)/t51-,52-/m0/s1. The fraction of sp³-hybridized carbons (Fsp3) is 0.860. The van der Waals surface area contributed by atoms with Crippen molar-refractivity contribution < 1.29 is 90.7 Å². The number of unbranched alkanes of at least 4 members (excludes halogenated alkanes) is 10. The van der Waals surface area contributed by atoms with Crippen molar-refractivity contribution in [3.8, 4) is 12.3 Å². The van der Waals surface area contributed by atoms with Gasteiger partial charge in [-0.1, -0.05) is 71.1 Å². The van der Waals surface area contributed by atoms with E-state index in [9.17, 15) is 33.9 Å². The fourth-order valence-corrected chi connectivity index (χ4v) is 7.30. The lowest BCUT2D eigenvalue weighted by Crippen LogP contribution is -2.47. The highest BCUT2D eigenvalue weighted by molar-refractivity contribution is 5.87. The lowest BCUT2D eigenvalue weighted by Gasteiger charge is -2.18. The number of hydrogen-bond donors (Lipinski definition) is 5. The molecule has 466 valence electrons. The molecule has 0 saturated heterocycles. The molecule has 0 aromatic rings. The third-order valence-electron chi connectivity index (χ3n) is 11.8. The zero-order valence-electron chi connectivity index (χ0n) is 48.8. The summed E-state index contributed by atoms with van der Waals surface area (Å²) in [5.74, 6) is 0.152. The second-order valence-corrected chi connectivity index (χ2v) is 18.6. The third-order valence-corrected chi connectivity index (χ3v) is 11.8. The SMILES string of the molecule is C#CCCC(=O)N[C@@H](CCCCCC(=O)CC[C@H](NC(=O)CCCCCCCCCCC)C(=O)O)C(=O)NCCOCCOCCOCCOCCOCCOCCOCCOCCOCCOCCOCCOCCC(=O)NC. The lowest BCUT2D eigenvalue weighted by molar-refractivity contribution is -0.142. The summed E-state index contributed by atoms with van der Waals surface area (Å²) in [5.41, 5.74) is 0. The van der Waals surface area contributed by atoms with E-state index < -0.39 is 18.1 Å². The Bertz CT molecular complexity index is 1530. The second-order valence-electron chi connectivity index (χ2n) is 18.6. The molecule has 0 spiro atoms. The van der Waals surface area contributed by atoms with Crippen LogP contribution >= 0.6 is 0 Å². The van der Waals surface area contributed by atoms with Gasteiger partial charge in [0, 0.05) is 52.1 Å². The van der Waals surface area contributed by atoms with Crippen molar-refractivity contribution in [3.63, 3.8) is 0 Å². The number of carboxylic acid groups (broad SMARTS) is 1. The molecule has 0 bridgehead atoms. The number of terminal acetylenes is 1. The van der Waals surface area contributed by atoms with E-state index >= 15 is 0 Å². The Kier molecular flexibility index (Phi) is 58.2. The van der Waals surface area contributed by atoms with Crippen molar-refractivity contribution in [2.75, 3.05) is 172 Å². The predicted molar refractivity (Wildman–Crippen MR) is 300 cm³/mol. The maximum atomic E-state index is 13.0. The smallest absolute Gasteiger partial charge is 0.326 e. The molecule has 23 heteroatoms. The van der Waals surface area contributed by atoms with E-state index in [1.165, 1.54) is 32.1 Å². The number of carbonyl (C=O) groups is 6. The molecule has 0 unspecified atom stereocenters. The highest BCUT2D eigenvalue weighted by Gasteiger charge is 2.22. The van der Waals surface area contributed by atoms with Crippen LogP contribution in [0.2, 0.25) is 0 Å². The van der Waals surface area contributed by atoms with Gasteiger partial charge in [-0.05, 0) is 25.7 Å². The molecule has 0 aromatic carbocycles. The van der Waals surface area contributed by atoms with Crippen LogP contribution in [0.5, 0.6) is 0 Å². The minimum Gasteiger partial charge on any atom is -0.480 e. The number of amides is 4. The van der Waals surface area contributed by atoms with Crippen LogP contribution in [-0.2, 0) is 85.6 Å². The Balaban J connectivity index is 3.77. The zero-order valence-corrected chi connectivity index (χ0v) is 48.8. The molecule has 4 amide bonds. The molecule has 0 aliphatic carbocycles. The first-order valence-electron chi connectivity index (χ1n) is 29.3. The highest BCUT2D eigenvalue weighted by Crippen LogP contribution is 2.12. The van der Waals surface area contributed by atoms with Crippen LogP contribution in [0.4, 0.5) is 0 Å². The quantitative estimate of drug-likeness (QED) is 0.0423. The van der Waals surface area contributed by atoms with E-state index in [1.807, 2.05) is 0 Å². The first-order valence-corrected chi connectivity index (χ1v) is 29.3. The van der Waals surface area contributed by atoms with Gasteiger partial charge in [0.25, 0.3) is 0 Å². The van der Waals surface area contributed by atoms with Crippen LogP contribution in [0.25, 0.3) is 0 Å². The van der Waals surface area contributed by atoms with Gasteiger partial charge in [-0.3, -0.25) is 24.0 Å². The van der Waals surface area contributed by atoms with E-state index in [-0.39, 0.29) is 81.1 Å². The number of nitrogens with one attached hydrogen (secondary N) is 4. The first kappa shape index (κ1) is 76.1. The second kappa shape index (κ2) is 61.2. The van der Waals surface area contributed by atoms with Gasteiger partial charge in [-0.2, -0.15) is 0 Å². The van der Waals surface area contributed by atoms with Gasteiger partial charge < -0.3 is 83.2 Å². The number of rotatable bonds is 64.